The lowest BCUT2D eigenvalue weighted by Crippen LogP contribution is -2.30. The first-order chi connectivity index (χ1) is 9.40. The van der Waals surface area contributed by atoms with Crippen LogP contribution in [0.5, 0.6) is 0 Å². The van der Waals surface area contributed by atoms with E-state index in [4.69, 9.17) is 4.74 Å². The van der Waals surface area contributed by atoms with Gasteiger partial charge >= 0.3 is 5.97 Å². The second-order valence-corrected chi connectivity index (χ2v) is 4.49. The number of hydrogen-bond donors (Lipinski definition) is 1. The second-order valence-electron chi connectivity index (χ2n) is 4.49. The van der Waals surface area contributed by atoms with Gasteiger partial charge in [-0.2, -0.15) is 0 Å². The van der Waals surface area contributed by atoms with Crippen molar-refractivity contribution in [1.29, 1.82) is 0 Å². The Morgan fingerprint density at radius 2 is 1.95 bits per heavy atom. The van der Waals surface area contributed by atoms with Gasteiger partial charge in [0.2, 0.25) is 0 Å². The summed E-state index contributed by atoms with van der Waals surface area (Å²) in [6.07, 6.45) is -0.793. The summed E-state index contributed by atoms with van der Waals surface area (Å²) in [6.45, 7) is 2.73. The van der Waals surface area contributed by atoms with Gasteiger partial charge < -0.3 is 19.7 Å². The van der Waals surface area contributed by atoms with Crippen LogP contribution in [0, 0.1) is 0 Å². The molecule has 0 saturated carbocycles. The van der Waals surface area contributed by atoms with Crippen LogP contribution in [0.2, 0.25) is 0 Å². The van der Waals surface area contributed by atoms with E-state index in [0.717, 1.165) is 5.56 Å². The Kier molecular flexibility index (Phi) is 5.93. The minimum absolute atomic E-state index is 0.0578. The molecule has 5 heteroatoms. The van der Waals surface area contributed by atoms with Crippen molar-refractivity contribution in [2.45, 2.75) is 32.5 Å². The molecule has 0 heterocycles. The van der Waals surface area contributed by atoms with E-state index in [1.807, 2.05) is 6.07 Å². The third-order valence-electron chi connectivity index (χ3n) is 2.67. The fraction of sp³-hybridized carbons (Fsp3) is 0.333. The molecule has 0 aliphatic heterocycles. The monoisotopic (exact) mass is 277 g/mol. The molecule has 0 radical (unpaired) electrons. The number of rotatable bonds is 6. The van der Waals surface area contributed by atoms with Crippen LogP contribution in [-0.4, -0.2) is 29.3 Å². The molecule has 0 aliphatic rings. The van der Waals surface area contributed by atoms with Gasteiger partial charge in [-0.05, 0) is 31.1 Å². The normalized spacial score (nSPS) is 14.4. The quantitative estimate of drug-likeness (QED) is 0.593. The van der Waals surface area contributed by atoms with Crippen molar-refractivity contribution in [3.05, 3.63) is 47.5 Å². The number of carbonyl (C=O) groups excluding carboxylic acids is 2. The highest BCUT2D eigenvalue weighted by Crippen LogP contribution is 2.08. The SMILES string of the molecule is C/C(=C\C(OC(=O)Cc1ccccc1)C(C)O)C(=O)[O-]. The maximum absolute atomic E-state index is 11.8. The fourth-order valence-corrected chi connectivity index (χ4v) is 1.54. The molecule has 108 valence electrons. The van der Waals surface area contributed by atoms with E-state index < -0.39 is 24.1 Å². The average Bonchev–Trinajstić information content (AvgIpc) is 2.38. The number of hydrogen-bond acceptors (Lipinski definition) is 5. The highest BCUT2D eigenvalue weighted by atomic mass is 16.6. The second kappa shape index (κ2) is 7.45. The molecule has 0 amide bonds. The molecular weight excluding hydrogens is 260 g/mol. The topological polar surface area (TPSA) is 86.7 Å². The van der Waals surface area contributed by atoms with Crippen LogP contribution in [0.15, 0.2) is 42.0 Å². The van der Waals surface area contributed by atoms with E-state index in [1.165, 1.54) is 19.9 Å². The Morgan fingerprint density at radius 1 is 1.35 bits per heavy atom. The van der Waals surface area contributed by atoms with E-state index >= 15 is 0 Å². The van der Waals surface area contributed by atoms with Gasteiger partial charge in [0.05, 0.1) is 18.5 Å². The minimum Gasteiger partial charge on any atom is -0.545 e. The molecular formula is C15H17O5-. The molecule has 1 rings (SSSR count). The van der Waals surface area contributed by atoms with Crippen LogP contribution < -0.4 is 5.11 Å². The summed E-state index contributed by atoms with van der Waals surface area (Å²) in [7, 11) is 0. The lowest BCUT2D eigenvalue weighted by atomic mass is 10.1. The Bertz CT molecular complexity index is 490. The van der Waals surface area contributed by atoms with Crippen molar-refractivity contribution < 1.29 is 24.5 Å². The zero-order valence-corrected chi connectivity index (χ0v) is 11.4. The smallest absolute Gasteiger partial charge is 0.310 e. The number of carbonyl (C=O) groups is 2. The third-order valence-corrected chi connectivity index (χ3v) is 2.67. The van der Waals surface area contributed by atoms with Crippen LogP contribution in [-0.2, 0) is 20.7 Å². The van der Waals surface area contributed by atoms with Crippen molar-refractivity contribution in [3.8, 4) is 0 Å². The van der Waals surface area contributed by atoms with E-state index in [9.17, 15) is 19.8 Å². The van der Waals surface area contributed by atoms with Gasteiger partial charge in [0.1, 0.15) is 6.10 Å². The number of esters is 1. The lowest BCUT2D eigenvalue weighted by molar-refractivity contribution is -0.299. The number of ether oxygens (including phenoxy) is 1. The number of aliphatic carboxylic acids is 1. The van der Waals surface area contributed by atoms with Crippen molar-refractivity contribution in [3.63, 3.8) is 0 Å². The van der Waals surface area contributed by atoms with Gasteiger partial charge in [-0.15, -0.1) is 0 Å². The van der Waals surface area contributed by atoms with E-state index in [0.29, 0.717) is 0 Å². The van der Waals surface area contributed by atoms with Crippen LogP contribution in [0.1, 0.15) is 19.4 Å². The molecule has 1 aromatic carbocycles. The molecule has 0 aliphatic carbocycles. The number of aliphatic hydroxyl groups excluding tert-OH is 1. The molecule has 2 unspecified atom stereocenters. The summed E-state index contributed by atoms with van der Waals surface area (Å²) >= 11 is 0. The maximum Gasteiger partial charge on any atom is 0.310 e. The number of benzene rings is 1. The van der Waals surface area contributed by atoms with Crippen LogP contribution in [0.3, 0.4) is 0 Å². The van der Waals surface area contributed by atoms with Crippen LogP contribution >= 0.6 is 0 Å². The van der Waals surface area contributed by atoms with E-state index in [2.05, 4.69) is 0 Å². The summed E-state index contributed by atoms with van der Waals surface area (Å²) in [5.41, 5.74) is 0.686. The molecule has 0 aromatic heterocycles. The summed E-state index contributed by atoms with van der Waals surface area (Å²) in [4.78, 5) is 22.4. The number of carboxylic acid groups (broad SMARTS) is 1. The summed E-state index contributed by atoms with van der Waals surface area (Å²) in [5.74, 6) is -1.90. The lowest BCUT2D eigenvalue weighted by Gasteiger charge is -2.18. The first kappa shape index (κ1) is 15.9. The van der Waals surface area contributed by atoms with Crippen molar-refractivity contribution >= 4 is 11.9 Å². The van der Waals surface area contributed by atoms with Gasteiger partial charge in [0.25, 0.3) is 0 Å². The molecule has 1 aromatic rings. The van der Waals surface area contributed by atoms with Crippen molar-refractivity contribution in [1.82, 2.24) is 0 Å². The molecule has 0 saturated heterocycles. The highest BCUT2D eigenvalue weighted by Gasteiger charge is 2.18. The standard InChI is InChI=1S/C15H18O5/c1-10(15(18)19)8-13(11(2)16)20-14(17)9-12-6-4-3-5-7-12/h3-8,11,13,16H,9H2,1-2H3,(H,18,19)/p-1/b10-8+. The Balaban J connectivity index is 2.69. The van der Waals surface area contributed by atoms with Gasteiger partial charge in [-0.1, -0.05) is 30.3 Å². The minimum atomic E-state index is -1.37. The van der Waals surface area contributed by atoms with E-state index in [-0.39, 0.29) is 12.0 Å². The number of carboxylic acids is 1. The molecule has 2 atom stereocenters. The summed E-state index contributed by atoms with van der Waals surface area (Å²) in [5, 5.41) is 20.2. The van der Waals surface area contributed by atoms with Gasteiger partial charge in [-0.3, -0.25) is 4.79 Å². The highest BCUT2D eigenvalue weighted by molar-refractivity contribution is 5.84. The van der Waals surface area contributed by atoms with Gasteiger partial charge in [0.15, 0.2) is 0 Å². The molecule has 0 spiro atoms. The van der Waals surface area contributed by atoms with Gasteiger partial charge in [-0.25, -0.2) is 0 Å². The zero-order chi connectivity index (χ0) is 15.1. The molecule has 5 nitrogen and oxygen atoms in total. The molecule has 0 bridgehead atoms. The Morgan fingerprint density at radius 3 is 2.45 bits per heavy atom. The average molecular weight is 277 g/mol. The summed E-state index contributed by atoms with van der Waals surface area (Å²) < 4.78 is 5.08. The predicted octanol–water partition coefficient (Wildman–Crippen LogP) is 0.218. The molecule has 20 heavy (non-hydrogen) atoms. The van der Waals surface area contributed by atoms with Crippen molar-refractivity contribution in [2.24, 2.45) is 0 Å². The third kappa shape index (κ3) is 5.24. The van der Waals surface area contributed by atoms with Crippen molar-refractivity contribution in [2.75, 3.05) is 0 Å². The Hall–Kier alpha value is -2.14. The zero-order valence-electron chi connectivity index (χ0n) is 11.4. The summed E-state index contributed by atoms with van der Waals surface area (Å²) in [6, 6.07) is 8.99. The van der Waals surface area contributed by atoms with E-state index in [1.54, 1.807) is 24.3 Å². The largest absolute Gasteiger partial charge is 0.545 e. The molecule has 1 N–H and O–H groups in total. The number of aliphatic hydroxyl groups is 1. The first-order valence-corrected chi connectivity index (χ1v) is 6.21. The maximum atomic E-state index is 11.8. The Labute approximate surface area is 117 Å². The fourth-order valence-electron chi connectivity index (χ4n) is 1.54. The van der Waals surface area contributed by atoms with Gasteiger partial charge in [0, 0.05) is 0 Å². The molecule has 0 fully saturated rings. The van der Waals surface area contributed by atoms with Crippen LogP contribution in [0.4, 0.5) is 0 Å². The first-order valence-electron chi connectivity index (χ1n) is 6.21. The predicted molar refractivity (Wildman–Crippen MR) is 70.5 cm³/mol. The van der Waals surface area contributed by atoms with Crippen LogP contribution in [0.25, 0.3) is 0 Å².